The molecule has 2 aromatic carbocycles. The van der Waals surface area contributed by atoms with E-state index in [4.69, 9.17) is 9.47 Å². The highest BCUT2D eigenvalue weighted by molar-refractivity contribution is 5.47. The molecular weight excluding hydrogens is 268 g/mol. The number of hydrogen-bond acceptors (Lipinski definition) is 4. The molecule has 1 aliphatic heterocycles. The lowest BCUT2D eigenvalue weighted by atomic mass is 10.1. The van der Waals surface area contributed by atoms with Crippen LogP contribution in [0.25, 0.3) is 0 Å². The van der Waals surface area contributed by atoms with Crippen LogP contribution in [0.4, 0.5) is 0 Å². The van der Waals surface area contributed by atoms with Gasteiger partial charge in [-0.3, -0.25) is 0 Å². The van der Waals surface area contributed by atoms with Crippen LogP contribution in [0, 0.1) is 11.8 Å². The summed E-state index contributed by atoms with van der Waals surface area (Å²) in [6.07, 6.45) is -0.925. The van der Waals surface area contributed by atoms with Crippen molar-refractivity contribution in [2.24, 2.45) is 0 Å². The first kappa shape index (κ1) is 13.5. The van der Waals surface area contributed by atoms with Crippen molar-refractivity contribution in [2.75, 3.05) is 6.79 Å². The Morgan fingerprint density at radius 2 is 1.90 bits per heavy atom. The molecule has 2 N–H and O–H groups in total. The lowest BCUT2D eigenvalue weighted by Crippen LogP contribution is -1.95. The van der Waals surface area contributed by atoms with Gasteiger partial charge in [-0.1, -0.05) is 36.1 Å². The van der Waals surface area contributed by atoms with E-state index in [2.05, 4.69) is 11.8 Å². The Morgan fingerprint density at radius 3 is 2.76 bits per heavy atom. The summed E-state index contributed by atoms with van der Waals surface area (Å²) in [5.74, 6) is 6.96. The molecule has 0 radical (unpaired) electrons. The van der Waals surface area contributed by atoms with Gasteiger partial charge in [-0.2, -0.15) is 0 Å². The summed E-state index contributed by atoms with van der Waals surface area (Å²) in [5.41, 5.74) is 2.09. The van der Waals surface area contributed by atoms with E-state index < -0.39 is 6.10 Å². The Labute approximate surface area is 122 Å². The van der Waals surface area contributed by atoms with E-state index in [9.17, 15) is 10.2 Å². The number of benzene rings is 2. The van der Waals surface area contributed by atoms with E-state index in [0.29, 0.717) is 22.6 Å². The molecule has 0 saturated carbocycles. The number of rotatable bonds is 2. The van der Waals surface area contributed by atoms with Gasteiger partial charge in [0.1, 0.15) is 6.10 Å². The van der Waals surface area contributed by atoms with Gasteiger partial charge in [0, 0.05) is 5.56 Å². The Kier molecular flexibility index (Phi) is 3.78. The highest BCUT2D eigenvalue weighted by Crippen LogP contribution is 2.34. The summed E-state index contributed by atoms with van der Waals surface area (Å²) in [7, 11) is 0. The smallest absolute Gasteiger partial charge is 0.231 e. The van der Waals surface area contributed by atoms with Crippen LogP contribution in [0.5, 0.6) is 11.5 Å². The van der Waals surface area contributed by atoms with Crippen molar-refractivity contribution in [1.82, 2.24) is 0 Å². The first-order valence-electron chi connectivity index (χ1n) is 6.56. The van der Waals surface area contributed by atoms with Crippen LogP contribution in [0.15, 0.2) is 42.5 Å². The summed E-state index contributed by atoms with van der Waals surface area (Å²) in [4.78, 5) is 0. The second kappa shape index (κ2) is 5.88. The molecule has 0 spiro atoms. The number of hydrogen-bond donors (Lipinski definition) is 2. The normalized spacial score (nSPS) is 13.4. The van der Waals surface area contributed by atoms with E-state index in [1.54, 1.807) is 24.3 Å². The van der Waals surface area contributed by atoms with Gasteiger partial charge in [-0.05, 0) is 29.3 Å². The van der Waals surface area contributed by atoms with Gasteiger partial charge in [0.15, 0.2) is 11.5 Å². The predicted octanol–water partition coefficient (Wildman–Crippen LogP) is 1.99. The maximum Gasteiger partial charge on any atom is 0.231 e. The molecule has 4 nitrogen and oxygen atoms in total. The van der Waals surface area contributed by atoms with Crippen LogP contribution in [-0.2, 0) is 6.61 Å². The van der Waals surface area contributed by atoms with Gasteiger partial charge in [0.25, 0.3) is 0 Å². The largest absolute Gasteiger partial charge is 0.454 e. The summed E-state index contributed by atoms with van der Waals surface area (Å²) in [6.45, 7) is 0.120. The topological polar surface area (TPSA) is 58.9 Å². The first-order chi connectivity index (χ1) is 10.3. The molecule has 4 heteroatoms. The highest BCUT2D eigenvalue weighted by Gasteiger charge is 2.15. The molecule has 0 bridgehead atoms. The average Bonchev–Trinajstić information content (AvgIpc) is 3.00. The molecule has 21 heavy (non-hydrogen) atoms. The maximum atomic E-state index is 10.1. The van der Waals surface area contributed by atoms with E-state index >= 15 is 0 Å². The van der Waals surface area contributed by atoms with Crippen LogP contribution in [0.2, 0.25) is 0 Å². The van der Waals surface area contributed by atoms with Crippen LogP contribution in [0.1, 0.15) is 22.8 Å². The van der Waals surface area contributed by atoms with Crippen molar-refractivity contribution in [3.8, 4) is 23.3 Å². The molecular formula is C17H14O4. The minimum Gasteiger partial charge on any atom is -0.454 e. The third-order valence-electron chi connectivity index (χ3n) is 3.24. The monoisotopic (exact) mass is 282 g/mol. The molecule has 0 saturated heterocycles. The Morgan fingerprint density at radius 1 is 1.10 bits per heavy atom. The van der Waals surface area contributed by atoms with Crippen molar-refractivity contribution in [1.29, 1.82) is 0 Å². The SMILES string of the molecule is OCc1ccccc1C#CC(O)c1ccc2c(c1)OCO2. The van der Waals surface area contributed by atoms with E-state index in [1.165, 1.54) is 0 Å². The van der Waals surface area contributed by atoms with Crippen LogP contribution < -0.4 is 9.47 Å². The van der Waals surface area contributed by atoms with Gasteiger partial charge in [-0.15, -0.1) is 0 Å². The van der Waals surface area contributed by atoms with Crippen molar-refractivity contribution in [2.45, 2.75) is 12.7 Å². The minimum atomic E-state index is -0.925. The van der Waals surface area contributed by atoms with Gasteiger partial charge >= 0.3 is 0 Å². The van der Waals surface area contributed by atoms with Crippen molar-refractivity contribution in [3.05, 3.63) is 59.2 Å². The molecule has 0 aliphatic carbocycles. The van der Waals surface area contributed by atoms with E-state index in [0.717, 1.165) is 5.56 Å². The average molecular weight is 282 g/mol. The number of aliphatic hydroxyl groups excluding tert-OH is 2. The van der Waals surface area contributed by atoms with Gasteiger partial charge < -0.3 is 19.7 Å². The van der Waals surface area contributed by atoms with Crippen molar-refractivity contribution in [3.63, 3.8) is 0 Å². The fraction of sp³-hybridized carbons (Fsp3) is 0.176. The quantitative estimate of drug-likeness (QED) is 0.827. The molecule has 1 heterocycles. The molecule has 2 aromatic rings. The first-order valence-corrected chi connectivity index (χ1v) is 6.56. The fourth-order valence-corrected chi connectivity index (χ4v) is 2.09. The second-order valence-electron chi connectivity index (χ2n) is 4.60. The highest BCUT2D eigenvalue weighted by atomic mass is 16.7. The molecule has 1 unspecified atom stereocenters. The minimum absolute atomic E-state index is 0.0784. The summed E-state index contributed by atoms with van der Waals surface area (Å²) in [6, 6.07) is 12.5. The molecule has 1 atom stereocenters. The fourth-order valence-electron chi connectivity index (χ4n) is 2.09. The lowest BCUT2D eigenvalue weighted by Gasteiger charge is -2.05. The molecule has 0 amide bonds. The van der Waals surface area contributed by atoms with Crippen LogP contribution in [0.3, 0.4) is 0 Å². The maximum absolute atomic E-state index is 10.1. The third kappa shape index (κ3) is 2.84. The summed E-state index contributed by atoms with van der Waals surface area (Å²) < 4.78 is 10.5. The number of ether oxygens (including phenoxy) is 2. The molecule has 0 fully saturated rings. The summed E-state index contributed by atoms with van der Waals surface area (Å²) in [5, 5.41) is 19.4. The van der Waals surface area contributed by atoms with Gasteiger partial charge in [0.05, 0.1) is 6.61 Å². The standard InChI is InChI=1S/C17H14O4/c18-10-14-4-2-1-3-12(14)5-7-15(19)13-6-8-16-17(9-13)21-11-20-16/h1-4,6,8-9,15,18-19H,10-11H2. The predicted molar refractivity (Wildman–Crippen MR) is 76.8 cm³/mol. The van der Waals surface area contributed by atoms with Crippen LogP contribution >= 0.6 is 0 Å². The van der Waals surface area contributed by atoms with E-state index in [1.807, 2.05) is 18.2 Å². The second-order valence-corrected chi connectivity index (χ2v) is 4.60. The van der Waals surface area contributed by atoms with Crippen molar-refractivity contribution >= 4 is 0 Å². The van der Waals surface area contributed by atoms with Gasteiger partial charge in [-0.25, -0.2) is 0 Å². The lowest BCUT2D eigenvalue weighted by molar-refractivity contribution is 0.173. The molecule has 3 rings (SSSR count). The van der Waals surface area contributed by atoms with Gasteiger partial charge in [0.2, 0.25) is 6.79 Å². The Bertz CT molecular complexity index is 712. The zero-order valence-electron chi connectivity index (χ0n) is 11.2. The van der Waals surface area contributed by atoms with Crippen LogP contribution in [-0.4, -0.2) is 17.0 Å². The molecule has 1 aliphatic rings. The number of aliphatic hydroxyl groups is 2. The van der Waals surface area contributed by atoms with Crippen molar-refractivity contribution < 1.29 is 19.7 Å². The zero-order valence-corrected chi connectivity index (χ0v) is 11.2. The van der Waals surface area contributed by atoms with E-state index in [-0.39, 0.29) is 13.4 Å². The number of fused-ring (bicyclic) bond motifs is 1. The summed E-state index contributed by atoms with van der Waals surface area (Å²) >= 11 is 0. The third-order valence-corrected chi connectivity index (χ3v) is 3.24. The molecule has 0 aromatic heterocycles. The molecule has 106 valence electrons. The Balaban J connectivity index is 1.84. The zero-order chi connectivity index (χ0) is 14.7. The Hall–Kier alpha value is -2.48.